The normalized spacial score (nSPS) is 11.4. The molecule has 116 valence electrons. The maximum atomic E-state index is 4.87. The van der Waals surface area contributed by atoms with Crippen LogP contribution in [0, 0.1) is 13.8 Å². The molecule has 3 nitrogen and oxygen atoms in total. The van der Waals surface area contributed by atoms with Crippen molar-refractivity contribution >= 4 is 11.0 Å². The second-order valence-electron chi connectivity index (χ2n) is 6.02. The molecule has 1 N–H and O–H groups in total. The van der Waals surface area contributed by atoms with Gasteiger partial charge in [0.1, 0.15) is 5.82 Å². The van der Waals surface area contributed by atoms with E-state index >= 15 is 0 Å². The Kier molecular flexibility index (Phi) is 5.80. The Morgan fingerprint density at radius 1 is 1.10 bits per heavy atom. The molecule has 0 atom stereocenters. The number of likely N-dealkylation sites (N-methyl/N-ethyl adjacent to an activating group) is 1. The fourth-order valence-electron chi connectivity index (χ4n) is 2.80. The van der Waals surface area contributed by atoms with E-state index < -0.39 is 0 Å². The molecule has 2 aromatic rings. The SMILES string of the molecule is CCCCCCn1c(CCNC)nc2cc(C)c(C)cc21. The molecular formula is C18H29N3. The predicted octanol–water partition coefficient (Wildman–Crippen LogP) is 4.00. The summed E-state index contributed by atoms with van der Waals surface area (Å²) >= 11 is 0. The first kappa shape index (κ1) is 16.0. The topological polar surface area (TPSA) is 29.9 Å². The van der Waals surface area contributed by atoms with E-state index in [0.29, 0.717) is 0 Å². The van der Waals surface area contributed by atoms with Crippen molar-refractivity contribution in [3.8, 4) is 0 Å². The molecule has 0 fully saturated rings. The molecule has 1 heterocycles. The average molecular weight is 287 g/mol. The molecule has 0 unspecified atom stereocenters. The fourth-order valence-corrected chi connectivity index (χ4v) is 2.80. The minimum atomic E-state index is 0.982. The third-order valence-electron chi connectivity index (χ3n) is 4.28. The van der Waals surface area contributed by atoms with E-state index in [0.717, 1.165) is 25.0 Å². The number of imidazole rings is 1. The van der Waals surface area contributed by atoms with Crippen LogP contribution in [0.3, 0.4) is 0 Å². The van der Waals surface area contributed by atoms with Crippen molar-refractivity contribution in [1.29, 1.82) is 0 Å². The monoisotopic (exact) mass is 287 g/mol. The van der Waals surface area contributed by atoms with Crippen molar-refractivity contribution in [1.82, 2.24) is 14.9 Å². The van der Waals surface area contributed by atoms with Crippen molar-refractivity contribution in [2.45, 2.75) is 59.4 Å². The molecule has 0 bridgehead atoms. The maximum Gasteiger partial charge on any atom is 0.111 e. The van der Waals surface area contributed by atoms with Crippen LogP contribution in [0.2, 0.25) is 0 Å². The largest absolute Gasteiger partial charge is 0.328 e. The number of hydrogen-bond donors (Lipinski definition) is 1. The van der Waals surface area contributed by atoms with Gasteiger partial charge in [-0.25, -0.2) is 4.98 Å². The van der Waals surface area contributed by atoms with E-state index in [9.17, 15) is 0 Å². The summed E-state index contributed by atoms with van der Waals surface area (Å²) in [6.07, 6.45) is 6.18. The van der Waals surface area contributed by atoms with Gasteiger partial charge in [-0.15, -0.1) is 0 Å². The van der Waals surface area contributed by atoms with Crippen molar-refractivity contribution in [2.75, 3.05) is 13.6 Å². The van der Waals surface area contributed by atoms with Gasteiger partial charge >= 0.3 is 0 Å². The summed E-state index contributed by atoms with van der Waals surface area (Å²) in [6, 6.07) is 4.54. The standard InChI is InChI=1S/C18H29N3/c1-5-6-7-8-11-21-17-13-15(3)14(2)12-16(17)20-18(21)9-10-19-4/h12-13,19H,5-11H2,1-4H3. The Morgan fingerprint density at radius 3 is 2.57 bits per heavy atom. The summed E-state index contributed by atoms with van der Waals surface area (Å²) in [7, 11) is 2.00. The molecule has 0 spiro atoms. The Morgan fingerprint density at radius 2 is 1.86 bits per heavy atom. The molecule has 0 radical (unpaired) electrons. The smallest absolute Gasteiger partial charge is 0.111 e. The summed E-state index contributed by atoms with van der Waals surface area (Å²) in [5.74, 6) is 1.22. The third-order valence-corrected chi connectivity index (χ3v) is 4.28. The van der Waals surface area contributed by atoms with Gasteiger partial charge in [-0.3, -0.25) is 0 Å². The van der Waals surface area contributed by atoms with Crippen LogP contribution in [0.25, 0.3) is 11.0 Å². The second kappa shape index (κ2) is 7.60. The van der Waals surface area contributed by atoms with E-state index in [1.165, 1.54) is 48.2 Å². The zero-order chi connectivity index (χ0) is 15.2. The van der Waals surface area contributed by atoms with Gasteiger partial charge in [0.25, 0.3) is 0 Å². The van der Waals surface area contributed by atoms with Gasteiger partial charge in [0.15, 0.2) is 0 Å². The summed E-state index contributed by atoms with van der Waals surface area (Å²) < 4.78 is 2.44. The van der Waals surface area contributed by atoms with Gasteiger partial charge in [-0.2, -0.15) is 0 Å². The van der Waals surface area contributed by atoms with Crippen LogP contribution < -0.4 is 5.32 Å². The predicted molar refractivity (Wildman–Crippen MR) is 91.0 cm³/mol. The zero-order valence-electron chi connectivity index (χ0n) is 14.0. The van der Waals surface area contributed by atoms with E-state index in [2.05, 4.69) is 42.8 Å². The molecule has 0 saturated carbocycles. The summed E-state index contributed by atoms with van der Waals surface area (Å²) in [5.41, 5.74) is 5.15. The molecule has 0 aliphatic rings. The molecule has 21 heavy (non-hydrogen) atoms. The highest BCUT2D eigenvalue weighted by molar-refractivity contribution is 5.78. The van der Waals surface area contributed by atoms with Crippen molar-refractivity contribution in [3.05, 3.63) is 29.1 Å². The van der Waals surface area contributed by atoms with Crippen LogP contribution in [0.15, 0.2) is 12.1 Å². The highest BCUT2D eigenvalue weighted by Crippen LogP contribution is 2.22. The van der Waals surface area contributed by atoms with E-state index in [-0.39, 0.29) is 0 Å². The van der Waals surface area contributed by atoms with Crippen LogP contribution in [0.1, 0.15) is 49.6 Å². The summed E-state index contributed by atoms with van der Waals surface area (Å²) in [4.78, 5) is 4.87. The Hall–Kier alpha value is -1.35. The molecule has 0 amide bonds. The average Bonchev–Trinajstić information content (AvgIpc) is 2.79. The van der Waals surface area contributed by atoms with Gasteiger partial charge in [-0.05, 0) is 50.6 Å². The first-order valence-electron chi connectivity index (χ1n) is 8.28. The van der Waals surface area contributed by atoms with Gasteiger partial charge in [0.2, 0.25) is 0 Å². The lowest BCUT2D eigenvalue weighted by Crippen LogP contribution is -2.14. The van der Waals surface area contributed by atoms with Gasteiger partial charge < -0.3 is 9.88 Å². The highest BCUT2D eigenvalue weighted by Gasteiger charge is 2.11. The Labute approximate surface area is 128 Å². The van der Waals surface area contributed by atoms with Crippen molar-refractivity contribution < 1.29 is 0 Å². The molecular weight excluding hydrogens is 258 g/mol. The molecule has 2 rings (SSSR count). The van der Waals surface area contributed by atoms with Crippen LogP contribution in [0.5, 0.6) is 0 Å². The molecule has 0 aliphatic heterocycles. The van der Waals surface area contributed by atoms with Crippen LogP contribution in [-0.2, 0) is 13.0 Å². The van der Waals surface area contributed by atoms with Crippen LogP contribution in [-0.4, -0.2) is 23.1 Å². The zero-order valence-corrected chi connectivity index (χ0v) is 14.0. The van der Waals surface area contributed by atoms with Crippen LogP contribution >= 0.6 is 0 Å². The number of aromatic nitrogens is 2. The Bertz CT molecular complexity index is 584. The van der Waals surface area contributed by atoms with E-state index in [4.69, 9.17) is 4.98 Å². The van der Waals surface area contributed by atoms with Gasteiger partial charge in [0.05, 0.1) is 11.0 Å². The molecule has 0 saturated heterocycles. The number of aryl methyl sites for hydroxylation is 3. The van der Waals surface area contributed by atoms with E-state index in [1.807, 2.05) is 7.05 Å². The van der Waals surface area contributed by atoms with Crippen molar-refractivity contribution in [2.24, 2.45) is 0 Å². The highest BCUT2D eigenvalue weighted by atomic mass is 15.1. The molecule has 3 heteroatoms. The lowest BCUT2D eigenvalue weighted by molar-refractivity contribution is 0.570. The number of rotatable bonds is 8. The quantitative estimate of drug-likeness (QED) is 0.744. The number of nitrogens with zero attached hydrogens (tertiary/aromatic N) is 2. The summed E-state index contributed by atoms with van der Waals surface area (Å²) in [6.45, 7) is 8.70. The second-order valence-corrected chi connectivity index (χ2v) is 6.02. The summed E-state index contributed by atoms with van der Waals surface area (Å²) in [5, 5.41) is 3.23. The fraction of sp³-hybridized carbons (Fsp3) is 0.611. The lowest BCUT2D eigenvalue weighted by Gasteiger charge is -2.10. The number of nitrogens with one attached hydrogen (secondary N) is 1. The minimum Gasteiger partial charge on any atom is -0.328 e. The van der Waals surface area contributed by atoms with Crippen molar-refractivity contribution in [3.63, 3.8) is 0 Å². The number of hydrogen-bond acceptors (Lipinski definition) is 2. The molecule has 1 aromatic carbocycles. The van der Waals surface area contributed by atoms with Crippen LogP contribution in [0.4, 0.5) is 0 Å². The number of benzene rings is 1. The molecule has 1 aromatic heterocycles. The Balaban J connectivity index is 2.29. The molecule has 0 aliphatic carbocycles. The third kappa shape index (κ3) is 3.85. The first-order chi connectivity index (χ1) is 10.2. The maximum absolute atomic E-state index is 4.87. The van der Waals surface area contributed by atoms with E-state index in [1.54, 1.807) is 0 Å². The minimum absolute atomic E-state index is 0.982. The van der Waals surface area contributed by atoms with Gasteiger partial charge in [-0.1, -0.05) is 26.2 Å². The number of fused-ring (bicyclic) bond motifs is 1. The lowest BCUT2D eigenvalue weighted by atomic mass is 10.1. The number of unbranched alkanes of at least 4 members (excludes halogenated alkanes) is 3. The first-order valence-corrected chi connectivity index (χ1v) is 8.28. The van der Waals surface area contributed by atoms with Gasteiger partial charge in [0, 0.05) is 19.5 Å².